The third kappa shape index (κ3) is 5.25. The number of hydrogen-bond donors (Lipinski definition) is 2. The summed E-state index contributed by atoms with van der Waals surface area (Å²) >= 11 is 0. The van der Waals surface area contributed by atoms with Crippen molar-refractivity contribution in [2.45, 2.75) is 11.3 Å². The third-order valence-electron chi connectivity index (χ3n) is 3.93. The first kappa shape index (κ1) is 18.8. The molecule has 0 spiro atoms. The number of hydrogen-bond acceptors (Lipinski definition) is 5. The second-order valence-electron chi connectivity index (χ2n) is 5.94. The molecule has 0 saturated heterocycles. The normalized spacial score (nSPS) is 11.3. The lowest BCUT2D eigenvalue weighted by Crippen LogP contribution is -2.30. The van der Waals surface area contributed by atoms with E-state index in [1.54, 1.807) is 24.4 Å². The van der Waals surface area contributed by atoms with Gasteiger partial charge in [0.05, 0.1) is 10.4 Å². The van der Waals surface area contributed by atoms with E-state index < -0.39 is 10.0 Å². The van der Waals surface area contributed by atoms with Crippen LogP contribution >= 0.6 is 0 Å². The highest BCUT2D eigenvalue weighted by atomic mass is 32.2. The highest BCUT2D eigenvalue weighted by Gasteiger charge is 2.07. The van der Waals surface area contributed by atoms with Gasteiger partial charge in [0, 0.05) is 18.1 Å². The topological polar surface area (TPSA) is 111 Å². The van der Waals surface area contributed by atoms with E-state index >= 15 is 0 Å². The molecule has 0 fully saturated rings. The molecule has 27 heavy (non-hydrogen) atoms. The van der Waals surface area contributed by atoms with Gasteiger partial charge in [-0.25, -0.2) is 13.6 Å². The first-order valence-electron chi connectivity index (χ1n) is 8.28. The van der Waals surface area contributed by atoms with Gasteiger partial charge in [0.2, 0.25) is 10.0 Å². The molecule has 3 aromatic rings. The van der Waals surface area contributed by atoms with Crippen molar-refractivity contribution in [3.05, 3.63) is 66.4 Å². The number of primary sulfonamides is 1. The maximum Gasteiger partial charge on any atom is 0.257 e. The SMILES string of the molecule is NS(=O)(=O)c1ccc(CCNC(=O)COc2ccc3ncccc3c2)cc1. The quantitative estimate of drug-likeness (QED) is 0.642. The summed E-state index contributed by atoms with van der Waals surface area (Å²) in [5.41, 5.74) is 1.76. The number of fused-ring (bicyclic) bond motifs is 1. The van der Waals surface area contributed by atoms with E-state index in [2.05, 4.69) is 10.3 Å². The van der Waals surface area contributed by atoms with Crippen molar-refractivity contribution in [3.63, 3.8) is 0 Å². The van der Waals surface area contributed by atoms with Crippen molar-refractivity contribution in [3.8, 4) is 5.75 Å². The van der Waals surface area contributed by atoms with Gasteiger partial charge in [-0.2, -0.15) is 0 Å². The van der Waals surface area contributed by atoms with Crippen LogP contribution < -0.4 is 15.2 Å². The zero-order chi connectivity index (χ0) is 19.3. The molecule has 0 unspecified atom stereocenters. The van der Waals surface area contributed by atoms with Crippen LogP contribution in [-0.2, 0) is 21.2 Å². The van der Waals surface area contributed by atoms with E-state index in [0.29, 0.717) is 18.7 Å². The Labute approximate surface area is 157 Å². The lowest BCUT2D eigenvalue weighted by atomic mass is 10.1. The Morgan fingerprint density at radius 3 is 2.63 bits per heavy atom. The minimum Gasteiger partial charge on any atom is -0.484 e. The van der Waals surface area contributed by atoms with Crippen molar-refractivity contribution in [1.82, 2.24) is 10.3 Å². The second kappa shape index (κ2) is 8.15. The number of amides is 1. The Bertz CT molecular complexity index is 1050. The molecule has 7 nitrogen and oxygen atoms in total. The fourth-order valence-corrected chi connectivity index (χ4v) is 3.05. The summed E-state index contributed by atoms with van der Waals surface area (Å²) in [5, 5.41) is 8.76. The first-order chi connectivity index (χ1) is 12.9. The summed E-state index contributed by atoms with van der Waals surface area (Å²) in [6.07, 6.45) is 2.29. The Morgan fingerprint density at radius 1 is 1.11 bits per heavy atom. The molecular weight excluding hydrogens is 366 g/mol. The highest BCUT2D eigenvalue weighted by Crippen LogP contribution is 2.18. The van der Waals surface area contributed by atoms with Gasteiger partial charge >= 0.3 is 0 Å². The Balaban J connectivity index is 1.45. The molecule has 0 saturated carbocycles. The largest absolute Gasteiger partial charge is 0.484 e. The molecular formula is C19H19N3O4S. The van der Waals surface area contributed by atoms with Crippen LogP contribution in [0.2, 0.25) is 0 Å². The highest BCUT2D eigenvalue weighted by molar-refractivity contribution is 7.89. The molecule has 0 atom stereocenters. The molecule has 1 heterocycles. The molecule has 0 bridgehead atoms. The summed E-state index contributed by atoms with van der Waals surface area (Å²) in [7, 11) is -3.69. The molecule has 3 N–H and O–H groups in total. The lowest BCUT2D eigenvalue weighted by Gasteiger charge is -2.08. The van der Waals surface area contributed by atoms with Gasteiger partial charge in [-0.1, -0.05) is 18.2 Å². The van der Waals surface area contributed by atoms with Gasteiger partial charge in [0.1, 0.15) is 5.75 Å². The van der Waals surface area contributed by atoms with E-state index in [0.717, 1.165) is 16.5 Å². The van der Waals surface area contributed by atoms with Crippen molar-refractivity contribution in [1.29, 1.82) is 0 Å². The number of carbonyl (C=O) groups excluding carboxylic acids is 1. The zero-order valence-electron chi connectivity index (χ0n) is 14.5. The maximum absolute atomic E-state index is 11.9. The maximum atomic E-state index is 11.9. The first-order valence-corrected chi connectivity index (χ1v) is 9.82. The average Bonchev–Trinajstić information content (AvgIpc) is 2.66. The standard InChI is InChI=1S/C19H19N3O4S/c20-27(24,25)17-6-3-14(4-7-17)9-11-22-19(23)13-26-16-5-8-18-15(12-16)2-1-10-21-18/h1-8,10,12H,9,11,13H2,(H,22,23)(H2,20,24,25). The number of nitrogens with two attached hydrogens (primary N) is 1. The summed E-state index contributed by atoms with van der Waals surface area (Å²) in [4.78, 5) is 16.2. The van der Waals surface area contributed by atoms with Crippen LogP contribution in [0.15, 0.2) is 65.7 Å². The lowest BCUT2D eigenvalue weighted by molar-refractivity contribution is -0.123. The number of nitrogens with zero attached hydrogens (tertiary/aromatic N) is 1. The molecule has 1 aromatic heterocycles. The molecule has 3 rings (SSSR count). The minimum atomic E-state index is -3.69. The second-order valence-corrected chi connectivity index (χ2v) is 7.50. The molecule has 0 aliphatic carbocycles. The smallest absolute Gasteiger partial charge is 0.257 e. The summed E-state index contributed by atoms with van der Waals surface area (Å²) in [6.45, 7) is 0.328. The Kier molecular flexibility index (Phi) is 5.68. The van der Waals surface area contributed by atoms with E-state index in [-0.39, 0.29) is 17.4 Å². The number of benzene rings is 2. The van der Waals surface area contributed by atoms with E-state index in [4.69, 9.17) is 9.88 Å². The number of nitrogens with one attached hydrogen (secondary N) is 1. The summed E-state index contributed by atoms with van der Waals surface area (Å²) < 4.78 is 27.9. The number of ether oxygens (including phenoxy) is 1. The van der Waals surface area contributed by atoms with Crippen LogP contribution in [0.1, 0.15) is 5.56 Å². The van der Waals surface area contributed by atoms with Gasteiger partial charge in [-0.05, 0) is 48.4 Å². The van der Waals surface area contributed by atoms with Crippen molar-refractivity contribution < 1.29 is 17.9 Å². The van der Waals surface area contributed by atoms with Gasteiger partial charge in [0.15, 0.2) is 6.61 Å². The molecule has 0 aliphatic heterocycles. The minimum absolute atomic E-state index is 0.0641. The predicted octanol–water partition coefficient (Wildman–Crippen LogP) is 1.62. The number of sulfonamides is 1. The summed E-state index contributed by atoms with van der Waals surface area (Å²) in [5.74, 6) is 0.367. The fourth-order valence-electron chi connectivity index (χ4n) is 2.54. The summed E-state index contributed by atoms with van der Waals surface area (Å²) in [6, 6.07) is 15.5. The Morgan fingerprint density at radius 2 is 1.89 bits per heavy atom. The van der Waals surface area contributed by atoms with Gasteiger partial charge in [-0.15, -0.1) is 0 Å². The van der Waals surface area contributed by atoms with Gasteiger partial charge in [-0.3, -0.25) is 9.78 Å². The monoisotopic (exact) mass is 385 g/mol. The van der Waals surface area contributed by atoms with Crippen LogP contribution in [-0.4, -0.2) is 32.5 Å². The zero-order valence-corrected chi connectivity index (χ0v) is 15.3. The molecule has 8 heteroatoms. The van der Waals surface area contributed by atoms with Crippen LogP contribution in [0.25, 0.3) is 10.9 Å². The molecule has 140 valence electrons. The third-order valence-corrected chi connectivity index (χ3v) is 4.86. The van der Waals surface area contributed by atoms with Crippen molar-refractivity contribution in [2.24, 2.45) is 5.14 Å². The van der Waals surface area contributed by atoms with Crippen molar-refractivity contribution >= 4 is 26.8 Å². The molecule has 1 amide bonds. The van der Waals surface area contributed by atoms with Crippen molar-refractivity contribution in [2.75, 3.05) is 13.2 Å². The van der Waals surface area contributed by atoms with Crippen LogP contribution in [0.4, 0.5) is 0 Å². The number of rotatable bonds is 7. The van der Waals surface area contributed by atoms with E-state index in [1.807, 2.05) is 24.3 Å². The predicted molar refractivity (Wildman–Crippen MR) is 102 cm³/mol. The average molecular weight is 385 g/mol. The van der Waals surface area contributed by atoms with E-state index in [1.165, 1.54) is 12.1 Å². The number of pyridine rings is 1. The Hall–Kier alpha value is -2.97. The number of carbonyl (C=O) groups is 1. The fraction of sp³-hybridized carbons (Fsp3) is 0.158. The van der Waals surface area contributed by atoms with Crippen LogP contribution in [0.5, 0.6) is 5.75 Å². The van der Waals surface area contributed by atoms with Gasteiger partial charge < -0.3 is 10.1 Å². The number of aromatic nitrogens is 1. The molecule has 0 radical (unpaired) electrons. The van der Waals surface area contributed by atoms with Crippen LogP contribution in [0.3, 0.4) is 0 Å². The molecule has 2 aromatic carbocycles. The van der Waals surface area contributed by atoms with Crippen LogP contribution in [0, 0.1) is 0 Å². The molecule has 0 aliphatic rings. The van der Waals surface area contributed by atoms with E-state index in [9.17, 15) is 13.2 Å². The van der Waals surface area contributed by atoms with Gasteiger partial charge in [0.25, 0.3) is 5.91 Å².